The van der Waals surface area contributed by atoms with Crippen LogP contribution >= 0.6 is 7.26 Å². The largest absolute Gasteiger partial charge is 1.00 e. The molecule has 84 valence electrons. The lowest BCUT2D eigenvalue weighted by molar-refractivity contribution is -0.00000330. The van der Waals surface area contributed by atoms with Gasteiger partial charge in [0, 0.05) is 20.6 Å². The zero-order valence-corrected chi connectivity index (χ0v) is 13.2. The van der Waals surface area contributed by atoms with E-state index in [1.807, 2.05) is 0 Å². The Hall–Kier alpha value is 1.16. The summed E-state index contributed by atoms with van der Waals surface area (Å²) in [4.78, 5) is 0. The molecule has 3 aliphatic rings. The number of hydrogen-bond acceptors (Lipinski definition) is 0. The third-order valence-corrected chi connectivity index (χ3v) is 9.09. The van der Waals surface area contributed by atoms with Gasteiger partial charge in [-0.2, -0.15) is 0 Å². The Labute approximate surface area is 107 Å². The van der Waals surface area contributed by atoms with Gasteiger partial charge < -0.3 is 24.0 Å². The topological polar surface area (TPSA) is 0 Å². The first kappa shape index (κ1) is 13.2. The third-order valence-electron chi connectivity index (χ3n) is 5.20. The Morgan fingerprint density at radius 2 is 1.71 bits per heavy atom. The molecular weight excluding hydrogens is 302 g/mol. The number of hydrogen-bond donors (Lipinski definition) is 0. The molecule has 2 bridgehead atoms. The first-order chi connectivity index (χ1) is 5.86. The minimum Gasteiger partial charge on any atom is -1.00 e. The highest BCUT2D eigenvalue weighted by atomic mass is 127. The fraction of sp³-hybridized carbons (Fsp3) is 1.00. The lowest BCUT2D eigenvalue weighted by atomic mass is 9.63. The van der Waals surface area contributed by atoms with E-state index in [0.29, 0.717) is 5.41 Å². The van der Waals surface area contributed by atoms with Gasteiger partial charge in [-0.15, -0.1) is 0 Å². The van der Waals surface area contributed by atoms with Crippen LogP contribution in [-0.4, -0.2) is 25.2 Å². The van der Waals surface area contributed by atoms with Crippen molar-refractivity contribution < 1.29 is 24.0 Å². The monoisotopic (exact) mass is 326 g/mol. The molecule has 2 aliphatic heterocycles. The van der Waals surface area contributed by atoms with Crippen LogP contribution in [0.3, 0.4) is 0 Å². The number of fused-ring (bicyclic) bond motifs is 3. The van der Waals surface area contributed by atoms with Crippen molar-refractivity contribution in [1.29, 1.82) is 0 Å². The number of rotatable bonds is 0. The fourth-order valence-electron chi connectivity index (χ4n) is 3.85. The smallest absolute Gasteiger partial charge is 0.0723 e. The Kier molecular flexibility index (Phi) is 3.66. The maximum absolute atomic E-state index is 2.59. The third kappa shape index (κ3) is 1.77. The molecule has 0 spiro atoms. The molecule has 14 heavy (non-hydrogen) atoms. The molecule has 0 N–H and O–H groups in total. The second-order valence-electron chi connectivity index (χ2n) is 6.41. The molecule has 0 amide bonds. The Bertz CT molecular complexity index is 218. The second-order valence-corrected chi connectivity index (χ2v) is 11.0. The molecule has 0 aromatic heterocycles. The molecular formula is C12H24IP. The summed E-state index contributed by atoms with van der Waals surface area (Å²) in [5, 5.41) is 0. The molecule has 1 saturated carbocycles. The highest BCUT2D eigenvalue weighted by molar-refractivity contribution is 7.75. The summed E-state index contributed by atoms with van der Waals surface area (Å²) in [6, 6.07) is 0. The van der Waals surface area contributed by atoms with E-state index in [4.69, 9.17) is 0 Å². The van der Waals surface area contributed by atoms with Gasteiger partial charge in [0.15, 0.2) is 0 Å². The fourth-order valence-corrected chi connectivity index (χ4v) is 8.35. The normalized spacial score (nSPS) is 43.1. The van der Waals surface area contributed by atoms with Crippen molar-refractivity contribution in [2.45, 2.75) is 39.3 Å². The molecule has 3 fully saturated rings. The summed E-state index contributed by atoms with van der Waals surface area (Å²) in [5.74, 6) is 2.01. The zero-order chi connectivity index (χ0) is 9.85. The lowest BCUT2D eigenvalue weighted by Crippen LogP contribution is -3.00. The predicted molar refractivity (Wildman–Crippen MR) is 63.1 cm³/mol. The van der Waals surface area contributed by atoms with Gasteiger partial charge in [0.1, 0.15) is 0 Å². The van der Waals surface area contributed by atoms with E-state index in [1.165, 1.54) is 12.8 Å². The average molecular weight is 326 g/mol. The maximum atomic E-state index is 2.59. The van der Waals surface area contributed by atoms with Gasteiger partial charge in [0.25, 0.3) is 0 Å². The molecule has 2 heterocycles. The average Bonchev–Trinajstić information content (AvgIpc) is 1.98. The van der Waals surface area contributed by atoms with Crippen LogP contribution in [0.25, 0.3) is 0 Å². The van der Waals surface area contributed by atoms with Crippen molar-refractivity contribution in [3.05, 3.63) is 0 Å². The van der Waals surface area contributed by atoms with Crippen LogP contribution in [0.15, 0.2) is 0 Å². The van der Waals surface area contributed by atoms with Gasteiger partial charge in [-0.25, -0.2) is 0 Å². The van der Waals surface area contributed by atoms with Crippen molar-refractivity contribution in [3.63, 3.8) is 0 Å². The molecule has 0 radical (unpaired) electrons. The van der Waals surface area contributed by atoms with Crippen LogP contribution in [0.2, 0.25) is 0 Å². The van der Waals surface area contributed by atoms with Crippen molar-refractivity contribution in [2.24, 2.45) is 17.3 Å². The quantitative estimate of drug-likeness (QED) is 0.455. The van der Waals surface area contributed by atoms with Crippen molar-refractivity contribution in [2.75, 3.05) is 19.5 Å². The molecule has 0 aromatic rings. The van der Waals surface area contributed by atoms with Gasteiger partial charge in [0.05, 0.1) is 11.8 Å². The van der Waals surface area contributed by atoms with Crippen LogP contribution in [0.5, 0.6) is 0 Å². The van der Waals surface area contributed by atoms with Crippen molar-refractivity contribution in [3.8, 4) is 0 Å². The van der Waals surface area contributed by atoms with E-state index in [9.17, 15) is 0 Å². The molecule has 0 nitrogen and oxygen atoms in total. The highest BCUT2D eigenvalue weighted by Crippen LogP contribution is 2.72. The molecule has 3 rings (SSSR count). The summed E-state index contributed by atoms with van der Waals surface area (Å²) < 4.78 is 0. The van der Waals surface area contributed by atoms with Gasteiger partial charge in [-0.1, -0.05) is 20.8 Å². The van der Waals surface area contributed by atoms with Crippen LogP contribution in [0.1, 0.15) is 33.6 Å². The molecule has 3 atom stereocenters. The van der Waals surface area contributed by atoms with E-state index >= 15 is 0 Å². The van der Waals surface area contributed by atoms with Gasteiger partial charge in [-0.05, 0) is 30.1 Å². The molecule has 0 aromatic carbocycles. The Morgan fingerprint density at radius 1 is 1.14 bits per heavy atom. The maximum Gasteiger partial charge on any atom is 0.0723 e. The van der Waals surface area contributed by atoms with E-state index in [0.717, 1.165) is 17.5 Å². The predicted octanol–water partition coefficient (Wildman–Crippen LogP) is 0.722. The molecule has 0 unspecified atom stereocenters. The van der Waals surface area contributed by atoms with Crippen molar-refractivity contribution in [1.82, 2.24) is 0 Å². The highest BCUT2D eigenvalue weighted by Gasteiger charge is 2.58. The summed E-state index contributed by atoms with van der Waals surface area (Å²) in [5.41, 5.74) is 1.73. The summed E-state index contributed by atoms with van der Waals surface area (Å²) >= 11 is 0. The standard InChI is InChI=1S/C12H24P.HI/c1-9-11-7-6-10(12(9,2)3)8-13(11,4)5;/h9-11H,6-8H2,1-5H3;1H/q+1;/p-1/t9-,10+,11+;/m0./s1. The molecule has 2 saturated heterocycles. The first-order valence-corrected chi connectivity index (χ1v) is 8.62. The number of halogens is 1. The second kappa shape index (κ2) is 3.87. The minimum atomic E-state index is -0.533. The van der Waals surface area contributed by atoms with E-state index in [2.05, 4.69) is 34.1 Å². The zero-order valence-electron chi connectivity index (χ0n) is 10.2. The van der Waals surface area contributed by atoms with Gasteiger partial charge >= 0.3 is 0 Å². The first-order valence-electron chi connectivity index (χ1n) is 5.68. The van der Waals surface area contributed by atoms with Crippen molar-refractivity contribution >= 4 is 7.26 Å². The Morgan fingerprint density at radius 3 is 2.07 bits per heavy atom. The molecule has 2 heteroatoms. The van der Waals surface area contributed by atoms with Crippen LogP contribution < -0.4 is 24.0 Å². The summed E-state index contributed by atoms with van der Waals surface area (Å²) in [6.07, 6.45) is 4.64. The van der Waals surface area contributed by atoms with Gasteiger partial charge in [-0.3, -0.25) is 0 Å². The Balaban J connectivity index is 0.000000980. The van der Waals surface area contributed by atoms with E-state index < -0.39 is 7.26 Å². The SMILES string of the molecule is C[C@H]1[C@H]2CC[C@H](C[P+]2(C)C)C1(C)C.[I-]. The summed E-state index contributed by atoms with van der Waals surface area (Å²) in [6.45, 7) is 12.7. The summed E-state index contributed by atoms with van der Waals surface area (Å²) in [7, 11) is -0.533. The van der Waals surface area contributed by atoms with Crippen LogP contribution in [0.4, 0.5) is 0 Å². The van der Waals surface area contributed by atoms with Crippen LogP contribution in [-0.2, 0) is 0 Å². The lowest BCUT2D eigenvalue weighted by Gasteiger charge is -2.56. The molecule has 1 aliphatic carbocycles. The van der Waals surface area contributed by atoms with E-state index in [-0.39, 0.29) is 24.0 Å². The van der Waals surface area contributed by atoms with E-state index in [1.54, 1.807) is 6.16 Å². The minimum absolute atomic E-state index is 0. The van der Waals surface area contributed by atoms with Gasteiger partial charge in [0.2, 0.25) is 0 Å². The van der Waals surface area contributed by atoms with Crippen LogP contribution in [0, 0.1) is 17.3 Å².